The number of rotatable bonds is 3. The molecule has 1 saturated heterocycles. The van der Waals surface area contributed by atoms with Gasteiger partial charge in [-0.25, -0.2) is 13.1 Å². The Bertz CT molecular complexity index is 462. The summed E-state index contributed by atoms with van der Waals surface area (Å²) in [7, 11) is -3.47. The fraction of sp³-hybridized carbons (Fsp3) is 0.500. The van der Waals surface area contributed by atoms with Gasteiger partial charge in [-0.1, -0.05) is 11.6 Å². The molecular weight excluding hydrogens is 338 g/mol. The van der Waals surface area contributed by atoms with E-state index in [1.54, 1.807) is 0 Å². The molecule has 1 atom stereocenters. The minimum absolute atomic E-state index is 0.135. The number of sulfonamides is 1. The fourth-order valence-corrected chi connectivity index (χ4v) is 5.03. The van der Waals surface area contributed by atoms with Gasteiger partial charge in [0.2, 0.25) is 10.0 Å². The van der Waals surface area contributed by atoms with Crippen molar-refractivity contribution in [3.8, 4) is 0 Å². The quantitative estimate of drug-likeness (QED) is 0.913. The summed E-state index contributed by atoms with van der Waals surface area (Å²) in [6, 6.07) is 1.30. The van der Waals surface area contributed by atoms with Gasteiger partial charge >= 0.3 is 0 Å². The molecule has 1 aromatic heterocycles. The Morgan fingerprint density at radius 3 is 2.88 bits per heavy atom. The average Bonchev–Trinajstić information content (AvgIpc) is 2.78. The first-order valence-electron chi connectivity index (χ1n) is 4.54. The van der Waals surface area contributed by atoms with Gasteiger partial charge in [0.15, 0.2) is 0 Å². The summed E-state index contributed by atoms with van der Waals surface area (Å²) in [6.45, 7) is 1.03. The molecule has 1 N–H and O–H groups in total. The van der Waals surface area contributed by atoms with Crippen LogP contribution in [0.25, 0.3) is 0 Å². The SMILES string of the molecule is O=S(=O)(NC1CCOC1)c1cc(Cl)c(Br)s1. The second kappa shape index (κ2) is 4.91. The lowest BCUT2D eigenvalue weighted by atomic mass is 10.3. The monoisotopic (exact) mass is 345 g/mol. The van der Waals surface area contributed by atoms with Crippen molar-refractivity contribution in [1.29, 1.82) is 0 Å². The highest BCUT2D eigenvalue weighted by atomic mass is 79.9. The zero-order valence-electron chi connectivity index (χ0n) is 8.07. The number of hydrogen-bond donors (Lipinski definition) is 1. The lowest BCUT2D eigenvalue weighted by Crippen LogP contribution is -2.34. The topological polar surface area (TPSA) is 55.4 Å². The van der Waals surface area contributed by atoms with Crippen molar-refractivity contribution in [2.75, 3.05) is 13.2 Å². The van der Waals surface area contributed by atoms with Gasteiger partial charge in [0.1, 0.15) is 4.21 Å². The zero-order chi connectivity index (χ0) is 11.8. The lowest BCUT2D eigenvalue weighted by molar-refractivity contribution is 0.192. The van der Waals surface area contributed by atoms with Crippen LogP contribution in [0.15, 0.2) is 14.1 Å². The van der Waals surface area contributed by atoms with Gasteiger partial charge in [-0.3, -0.25) is 0 Å². The van der Waals surface area contributed by atoms with E-state index in [0.29, 0.717) is 28.4 Å². The summed E-state index contributed by atoms with van der Waals surface area (Å²) in [5, 5.41) is 0.410. The number of halogens is 2. The van der Waals surface area contributed by atoms with E-state index < -0.39 is 10.0 Å². The lowest BCUT2D eigenvalue weighted by Gasteiger charge is -2.09. The van der Waals surface area contributed by atoms with Crippen LogP contribution in [0.5, 0.6) is 0 Å². The van der Waals surface area contributed by atoms with Crippen molar-refractivity contribution in [1.82, 2.24) is 4.72 Å². The third-order valence-electron chi connectivity index (χ3n) is 2.14. The van der Waals surface area contributed by atoms with Gasteiger partial charge in [0.25, 0.3) is 0 Å². The molecule has 90 valence electrons. The summed E-state index contributed by atoms with van der Waals surface area (Å²) < 4.78 is 32.4. The minimum Gasteiger partial charge on any atom is -0.380 e. The molecule has 0 saturated carbocycles. The van der Waals surface area contributed by atoms with Crippen molar-refractivity contribution in [2.24, 2.45) is 0 Å². The molecule has 4 nitrogen and oxygen atoms in total. The number of ether oxygens (including phenoxy) is 1. The standard InChI is InChI=1S/C8H9BrClNO3S2/c9-8-6(10)3-7(15-8)16(12,13)11-5-1-2-14-4-5/h3,5,11H,1-2,4H2. The van der Waals surface area contributed by atoms with E-state index in [1.807, 2.05) is 0 Å². The summed E-state index contributed by atoms with van der Waals surface area (Å²) in [6.07, 6.45) is 0.708. The van der Waals surface area contributed by atoms with Gasteiger partial charge in [0.05, 0.1) is 15.4 Å². The van der Waals surface area contributed by atoms with E-state index >= 15 is 0 Å². The van der Waals surface area contributed by atoms with Gasteiger partial charge in [-0.2, -0.15) is 0 Å². The molecule has 8 heteroatoms. The van der Waals surface area contributed by atoms with Gasteiger partial charge in [0, 0.05) is 12.6 Å². The number of nitrogens with one attached hydrogen (secondary N) is 1. The van der Waals surface area contributed by atoms with Crippen molar-refractivity contribution < 1.29 is 13.2 Å². The molecule has 1 aliphatic rings. The second-order valence-corrected chi connectivity index (χ2v) is 8.09. The number of thiophene rings is 1. The fourth-order valence-electron chi connectivity index (χ4n) is 1.36. The molecule has 0 radical (unpaired) electrons. The first kappa shape index (κ1) is 12.8. The molecule has 0 bridgehead atoms. The molecular formula is C8H9BrClNO3S2. The molecule has 1 aromatic rings. The first-order valence-corrected chi connectivity index (χ1v) is 8.01. The third kappa shape index (κ3) is 2.77. The van der Waals surface area contributed by atoms with Crippen LogP contribution in [0.2, 0.25) is 5.02 Å². The van der Waals surface area contributed by atoms with Crippen molar-refractivity contribution in [3.63, 3.8) is 0 Å². The Kier molecular flexibility index (Phi) is 3.93. The third-order valence-corrected chi connectivity index (χ3v) is 6.61. The molecule has 1 fully saturated rings. The van der Waals surface area contributed by atoms with E-state index in [9.17, 15) is 8.42 Å². The van der Waals surface area contributed by atoms with Crippen LogP contribution in [-0.4, -0.2) is 27.7 Å². The van der Waals surface area contributed by atoms with Crippen LogP contribution in [0.1, 0.15) is 6.42 Å². The van der Waals surface area contributed by atoms with Crippen LogP contribution < -0.4 is 4.72 Å². The van der Waals surface area contributed by atoms with Crippen LogP contribution in [0, 0.1) is 0 Å². The van der Waals surface area contributed by atoms with Gasteiger partial charge in [-0.05, 0) is 28.4 Å². The maximum absolute atomic E-state index is 11.9. The van der Waals surface area contributed by atoms with Crippen LogP contribution in [0.4, 0.5) is 0 Å². The summed E-state index contributed by atoms with van der Waals surface area (Å²) >= 11 is 10.1. The molecule has 2 heterocycles. The second-order valence-electron chi connectivity index (χ2n) is 3.37. The predicted octanol–water partition coefficient (Wildman–Crippen LogP) is 2.23. The predicted molar refractivity (Wildman–Crippen MR) is 66.6 cm³/mol. The molecule has 0 spiro atoms. The molecule has 2 rings (SSSR count). The van der Waals surface area contributed by atoms with Crippen molar-refractivity contribution in [3.05, 3.63) is 14.9 Å². The highest BCUT2D eigenvalue weighted by molar-refractivity contribution is 9.11. The average molecular weight is 347 g/mol. The van der Waals surface area contributed by atoms with E-state index in [1.165, 1.54) is 6.07 Å². The van der Waals surface area contributed by atoms with Crippen LogP contribution in [-0.2, 0) is 14.8 Å². The first-order chi connectivity index (χ1) is 7.49. The Morgan fingerprint density at radius 1 is 1.62 bits per heavy atom. The van der Waals surface area contributed by atoms with E-state index in [-0.39, 0.29) is 10.3 Å². The molecule has 1 unspecified atom stereocenters. The van der Waals surface area contributed by atoms with Crippen molar-refractivity contribution in [2.45, 2.75) is 16.7 Å². The maximum atomic E-state index is 11.9. The smallest absolute Gasteiger partial charge is 0.250 e. The normalized spacial score (nSPS) is 21.5. The summed E-state index contributed by atoms with van der Waals surface area (Å²) in [5.74, 6) is 0. The Morgan fingerprint density at radius 2 is 2.38 bits per heavy atom. The molecule has 16 heavy (non-hydrogen) atoms. The van der Waals surface area contributed by atoms with Gasteiger partial charge in [-0.15, -0.1) is 11.3 Å². The summed E-state index contributed by atoms with van der Waals surface area (Å²) in [4.78, 5) is 0. The number of hydrogen-bond acceptors (Lipinski definition) is 4. The highest BCUT2D eigenvalue weighted by Gasteiger charge is 2.25. The van der Waals surface area contributed by atoms with Crippen LogP contribution in [0.3, 0.4) is 0 Å². The van der Waals surface area contributed by atoms with Gasteiger partial charge < -0.3 is 4.74 Å². The Labute approximate surface area is 111 Å². The Balaban J connectivity index is 2.18. The van der Waals surface area contributed by atoms with E-state index in [4.69, 9.17) is 16.3 Å². The summed E-state index contributed by atoms with van der Waals surface area (Å²) in [5.41, 5.74) is 0. The Hall–Kier alpha value is 0.340. The van der Waals surface area contributed by atoms with Crippen LogP contribution >= 0.6 is 38.9 Å². The van der Waals surface area contributed by atoms with E-state index in [0.717, 1.165) is 11.3 Å². The molecule has 0 amide bonds. The van der Waals surface area contributed by atoms with Crippen molar-refractivity contribution >= 4 is 48.9 Å². The van der Waals surface area contributed by atoms with E-state index in [2.05, 4.69) is 20.7 Å². The maximum Gasteiger partial charge on any atom is 0.250 e. The molecule has 1 aliphatic heterocycles. The zero-order valence-corrected chi connectivity index (χ0v) is 12.0. The molecule has 0 aromatic carbocycles. The molecule has 0 aliphatic carbocycles. The minimum atomic E-state index is -3.47. The largest absolute Gasteiger partial charge is 0.380 e. The highest BCUT2D eigenvalue weighted by Crippen LogP contribution is 2.34.